The van der Waals surface area contributed by atoms with Gasteiger partial charge < -0.3 is 43.8 Å². The molecule has 0 bridgehead atoms. The molecule has 0 aromatic carbocycles. The fraction of sp³-hybridized carbons (Fsp3) is 0. The second kappa shape index (κ2) is 241. The maximum atomic E-state index is 0. The molecule has 16 N–H and O–H groups in total. The van der Waals surface area contributed by atoms with Gasteiger partial charge in [-0.25, -0.2) is 0 Å². The van der Waals surface area contributed by atoms with E-state index in [4.69, 9.17) is 0 Å². The van der Waals surface area contributed by atoms with E-state index >= 15 is 0 Å². The molecule has 67 valence electrons. The van der Waals surface area contributed by atoms with Gasteiger partial charge in [-0.3, -0.25) is 0 Å². The fourth-order valence-electron chi connectivity index (χ4n) is 0. The second-order valence-corrected chi connectivity index (χ2v) is 0. The van der Waals surface area contributed by atoms with Crippen molar-refractivity contribution in [3.8, 4) is 0 Å². The smallest absolute Gasteiger partial charge is 0 e. The average Bonchev–Trinajstić information content (AvgIpc) is 0. The molecule has 0 spiro atoms. The van der Waals surface area contributed by atoms with Crippen LogP contribution in [0.4, 0.5) is 0 Å². The molecule has 0 saturated carbocycles. The Bertz CT molecular complexity index is 9.30. The van der Waals surface area contributed by atoms with Crippen LogP contribution in [-0.4, -0.2) is 132 Å². The molecular weight excluding hydrogens is 197 g/mol. The summed E-state index contributed by atoms with van der Waals surface area (Å²) in [7, 11) is 0. The molecule has 0 amide bonds. The van der Waals surface area contributed by atoms with Crippen LogP contribution in [0.3, 0.4) is 0 Å². The third-order valence-corrected chi connectivity index (χ3v) is 0. The minimum atomic E-state index is 0. The molecule has 0 aromatic heterocycles. The predicted molar refractivity (Wildman–Crippen MR) is 46.2 cm³/mol. The first-order chi connectivity index (χ1) is 0. The molecule has 0 fully saturated rings. The quantitative estimate of drug-likeness (QED) is 0.339. The Kier molecular flexibility index (Phi) is 6700. The van der Waals surface area contributed by atoms with Crippen molar-refractivity contribution in [3.05, 3.63) is 0 Å². The van der Waals surface area contributed by atoms with E-state index in [1.54, 1.807) is 0 Å². The largest absolute Gasteiger partial charge is 0.412 e. The van der Waals surface area contributed by atoms with Gasteiger partial charge in [0.15, 0.2) is 0 Å². The molecule has 11 heteroatoms. The van der Waals surface area contributed by atoms with Crippen LogP contribution in [0.5, 0.6) is 0 Å². The van der Waals surface area contributed by atoms with E-state index in [-0.39, 0.29) is 132 Å². The van der Waals surface area contributed by atoms with Gasteiger partial charge >= 0.3 is 0 Å². The number of hydrogen-bond donors (Lipinski definition) is 0. The molecule has 11 heavy (non-hydrogen) atoms. The van der Waals surface area contributed by atoms with Crippen LogP contribution in [0.25, 0.3) is 0 Å². The van der Waals surface area contributed by atoms with E-state index in [0.29, 0.717) is 0 Å². The van der Waals surface area contributed by atoms with Crippen LogP contribution in [0, 0.1) is 0 Å². The zero-order valence-electron chi connectivity index (χ0n) is 7.00. The third kappa shape index (κ3) is 201. The molecule has 0 aromatic rings. The zero-order chi connectivity index (χ0) is 0. The maximum Gasteiger partial charge on any atom is 0 e. The number of hydrogen-bond acceptors (Lipinski definition) is 0. The van der Waals surface area contributed by atoms with Crippen molar-refractivity contribution in [2.75, 3.05) is 0 Å². The maximum absolute atomic E-state index is 0. The summed E-state index contributed by atoms with van der Waals surface area (Å²) in [6.07, 6.45) is 0. The summed E-state index contributed by atoms with van der Waals surface area (Å²) >= 11 is 0. The van der Waals surface area contributed by atoms with Crippen LogP contribution in [0.2, 0.25) is 0 Å². The molecule has 0 rings (SSSR count). The molecule has 0 aliphatic rings. The van der Waals surface area contributed by atoms with Crippen molar-refractivity contribution < 1.29 is 43.8 Å². The first-order valence-corrected chi connectivity index (χ1v) is 0. The Morgan fingerprint density at radius 3 is 0.182 bits per heavy atom. The summed E-state index contributed by atoms with van der Waals surface area (Å²) in [5.41, 5.74) is 0. The molecule has 0 aliphatic carbocycles. The summed E-state index contributed by atoms with van der Waals surface area (Å²) in [5.74, 6) is 0. The van der Waals surface area contributed by atoms with Gasteiger partial charge in [0.05, 0.1) is 0 Å². The van der Waals surface area contributed by atoms with Gasteiger partial charge in [0.2, 0.25) is 0 Å². The van der Waals surface area contributed by atoms with Crippen molar-refractivity contribution in [2.45, 2.75) is 0 Å². The normalized spacial score (nSPS) is 0. The zero-order valence-corrected chi connectivity index (χ0v) is 13.0. The number of rotatable bonds is 0. The van der Waals surface area contributed by atoms with Gasteiger partial charge in [0.1, 0.15) is 0 Å². The van der Waals surface area contributed by atoms with Crippen LogP contribution < -0.4 is 0 Å². The summed E-state index contributed by atoms with van der Waals surface area (Å²) in [6, 6.07) is 0. The van der Waals surface area contributed by atoms with Gasteiger partial charge in [0, 0.05) is 88.7 Å². The minimum Gasteiger partial charge on any atom is -0.412 e. The third-order valence-electron chi connectivity index (χ3n) is 0. The summed E-state index contributed by atoms with van der Waals surface area (Å²) in [4.78, 5) is 0. The van der Waals surface area contributed by atoms with Crippen molar-refractivity contribution in [1.82, 2.24) is 0 Å². The molecular formula is H16Na3O8. The Hall–Kier alpha value is 2.68. The molecule has 0 aliphatic heterocycles. The summed E-state index contributed by atoms with van der Waals surface area (Å²) in [6.45, 7) is 0. The first kappa shape index (κ1) is 306. The van der Waals surface area contributed by atoms with Gasteiger partial charge in [-0.05, 0) is 0 Å². The van der Waals surface area contributed by atoms with Crippen LogP contribution in [0.1, 0.15) is 0 Å². The predicted octanol–water partition coefficient (Wildman–Crippen LogP) is -7.74. The average molecular weight is 213 g/mol. The van der Waals surface area contributed by atoms with E-state index in [0.717, 1.165) is 0 Å². The molecule has 3 radical (unpaired) electrons. The Morgan fingerprint density at radius 2 is 0.182 bits per heavy atom. The molecule has 0 atom stereocenters. The van der Waals surface area contributed by atoms with Gasteiger partial charge in [-0.2, -0.15) is 0 Å². The van der Waals surface area contributed by atoms with E-state index < -0.39 is 0 Å². The first-order valence-electron chi connectivity index (χ1n) is 0. The molecule has 0 unspecified atom stereocenters. The van der Waals surface area contributed by atoms with Crippen molar-refractivity contribution in [1.29, 1.82) is 0 Å². The van der Waals surface area contributed by atoms with Crippen LogP contribution in [-0.2, 0) is 0 Å². The van der Waals surface area contributed by atoms with Gasteiger partial charge in [-0.1, -0.05) is 0 Å². The van der Waals surface area contributed by atoms with Crippen LogP contribution >= 0.6 is 0 Å². The van der Waals surface area contributed by atoms with E-state index in [9.17, 15) is 0 Å². The summed E-state index contributed by atoms with van der Waals surface area (Å²) in [5, 5.41) is 0. The van der Waals surface area contributed by atoms with Crippen LogP contribution in [0.15, 0.2) is 0 Å². The van der Waals surface area contributed by atoms with E-state index in [2.05, 4.69) is 0 Å². The standard InChI is InChI=1S/3Na.8H2O/h;;;8*1H2. The SMILES string of the molecule is O.O.O.O.O.O.O.O.[Na].[Na].[Na]. The Morgan fingerprint density at radius 1 is 0.182 bits per heavy atom. The monoisotopic (exact) mass is 213 g/mol. The van der Waals surface area contributed by atoms with E-state index in [1.165, 1.54) is 0 Å². The molecule has 0 heterocycles. The minimum absolute atomic E-state index is 0. The Labute approximate surface area is 130 Å². The van der Waals surface area contributed by atoms with Crippen molar-refractivity contribution >= 4 is 88.7 Å². The molecule has 8 nitrogen and oxygen atoms in total. The van der Waals surface area contributed by atoms with Crippen molar-refractivity contribution in [3.63, 3.8) is 0 Å². The van der Waals surface area contributed by atoms with E-state index in [1.807, 2.05) is 0 Å². The second-order valence-electron chi connectivity index (χ2n) is 0. The fourth-order valence-corrected chi connectivity index (χ4v) is 0. The molecule has 0 saturated heterocycles. The van der Waals surface area contributed by atoms with Crippen molar-refractivity contribution in [2.24, 2.45) is 0 Å². The van der Waals surface area contributed by atoms with Gasteiger partial charge in [-0.15, -0.1) is 0 Å². The summed E-state index contributed by atoms with van der Waals surface area (Å²) < 4.78 is 0. The van der Waals surface area contributed by atoms with Gasteiger partial charge in [0.25, 0.3) is 0 Å². The Balaban J connectivity index is 0. The topological polar surface area (TPSA) is 252 Å².